The van der Waals surface area contributed by atoms with Crippen LogP contribution >= 0.6 is 15.9 Å². The fraction of sp³-hybridized carbons (Fsp3) is 0.111. The van der Waals surface area contributed by atoms with Gasteiger partial charge in [-0.3, -0.25) is 9.59 Å². The topological polar surface area (TPSA) is 74.0 Å². The highest BCUT2D eigenvalue weighted by molar-refractivity contribution is 9.10. The highest BCUT2D eigenvalue weighted by atomic mass is 79.9. The van der Waals surface area contributed by atoms with Crippen LogP contribution in [0.15, 0.2) is 46.9 Å². The first-order valence-corrected chi connectivity index (χ1v) is 8.44. The lowest BCUT2D eigenvalue weighted by Gasteiger charge is -2.17. The summed E-state index contributed by atoms with van der Waals surface area (Å²) in [5, 5.41) is 5.76. The van der Waals surface area contributed by atoms with Crippen molar-refractivity contribution in [3.63, 3.8) is 0 Å². The smallest absolute Gasteiger partial charge is 0.268 e. The molecule has 0 fully saturated rings. The van der Waals surface area contributed by atoms with Crippen LogP contribution < -0.4 is 10.6 Å². The molecule has 1 heterocycles. The Morgan fingerprint density at radius 1 is 1.08 bits per heavy atom. The molecule has 0 radical (unpaired) electrons. The molecule has 2 aromatic carbocycles. The van der Waals surface area contributed by atoms with Gasteiger partial charge in [0.15, 0.2) is 11.6 Å². The first kappa shape index (κ1) is 18.1. The van der Waals surface area contributed by atoms with Gasteiger partial charge in [-0.25, -0.2) is 8.78 Å². The number of hydrogen-bond acceptors (Lipinski definition) is 2. The van der Waals surface area contributed by atoms with E-state index in [1.807, 2.05) is 18.2 Å². The standard InChI is InChI=1S/C18H14BrF2N3O2/c1-22-18(26)16(9-2-4-12(20)13(21)7-9)24-17(25)15-8-10-6-11(19)3-5-14(10)23-15/h2-8,16,23H,1H3,(H,22,26)(H,24,25). The van der Waals surface area contributed by atoms with Gasteiger partial charge in [0.1, 0.15) is 11.7 Å². The molecular formula is C18H14BrF2N3O2. The molecule has 0 aliphatic carbocycles. The van der Waals surface area contributed by atoms with E-state index in [1.54, 1.807) is 6.07 Å². The van der Waals surface area contributed by atoms with Gasteiger partial charge in [-0.05, 0) is 42.0 Å². The number of carbonyl (C=O) groups is 2. The average molecular weight is 422 g/mol. The molecule has 0 spiro atoms. The van der Waals surface area contributed by atoms with Crippen molar-refractivity contribution in [2.45, 2.75) is 6.04 Å². The van der Waals surface area contributed by atoms with Gasteiger partial charge in [0.2, 0.25) is 5.91 Å². The fourth-order valence-corrected chi connectivity index (χ4v) is 2.95. The molecule has 0 bridgehead atoms. The predicted molar refractivity (Wildman–Crippen MR) is 96.6 cm³/mol. The monoisotopic (exact) mass is 421 g/mol. The normalized spacial score (nSPS) is 12.0. The zero-order chi connectivity index (χ0) is 18.8. The number of fused-ring (bicyclic) bond motifs is 1. The van der Waals surface area contributed by atoms with Gasteiger partial charge >= 0.3 is 0 Å². The number of amides is 2. The lowest BCUT2D eigenvalue weighted by atomic mass is 10.1. The fourth-order valence-electron chi connectivity index (χ4n) is 2.57. The van der Waals surface area contributed by atoms with E-state index in [4.69, 9.17) is 0 Å². The molecule has 3 aromatic rings. The van der Waals surface area contributed by atoms with Crippen LogP contribution in [0.1, 0.15) is 22.1 Å². The van der Waals surface area contributed by atoms with E-state index in [1.165, 1.54) is 13.1 Å². The van der Waals surface area contributed by atoms with Gasteiger partial charge in [0, 0.05) is 22.4 Å². The molecular weight excluding hydrogens is 408 g/mol. The van der Waals surface area contributed by atoms with Gasteiger partial charge < -0.3 is 15.6 Å². The summed E-state index contributed by atoms with van der Waals surface area (Å²) in [6.45, 7) is 0. The predicted octanol–water partition coefficient (Wildman–Crippen LogP) is 3.43. The van der Waals surface area contributed by atoms with Crippen LogP contribution in [0.5, 0.6) is 0 Å². The summed E-state index contributed by atoms with van der Waals surface area (Å²) in [5.74, 6) is -3.23. The molecule has 3 N–H and O–H groups in total. The van der Waals surface area contributed by atoms with Crippen molar-refractivity contribution in [3.05, 3.63) is 69.8 Å². The van der Waals surface area contributed by atoms with Crippen LogP contribution in [0.2, 0.25) is 0 Å². The maximum Gasteiger partial charge on any atom is 0.268 e. The molecule has 8 heteroatoms. The van der Waals surface area contributed by atoms with E-state index in [9.17, 15) is 18.4 Å². The summed E-state index contributed by atoms with van der Waals surface area (Å²) in [7, 11) is 1.39. The number of nitrogens with one attached hydrogen (secondary N) is 3. The Kier molecular flexibility index (Phi) is 5.03. The molecule has 3 rings (SSSR count). The first-order chi connectivity index (χ1) is 12.4. The number of aromatic amines is 1. The first-order valence-electron chi connectivity index (χ1n) is 7.64. The van der Waals surface area contributed by atoms with E-state index < -0.39 is 29.5 Å². The van der Waals surface area contributed by atoms with Crippen molar-refractivity contribution in [1.82, 2.24) is 15.6 Å². The quantitative estimate of drug-likeness (QED) is 0.603. The van der Waals surface area contributed by atoms with Crippen molar-refractivity contribution in [2.75, 3.05) is 7.05 Å². The zero-order valence-electron chi connectivity index (χ0n) is 13.6. The van der Waals surface area contributed by atoms with Crippen LogP contribution in [0.3, 0.4) is 0 Å². The van der Waals surface area contributed by atoms with Crippen molar-refractivity contribution in [1.29, 1.82) is 0 Å². The van der Waals surface area contributed by atoms with Crippen LogP contribution in [-0.2, 0) is 4.79 Å². The largest absolute Gasteiger partial charge is 0.357 e. The number of likely N-dealkylation sites (N-methyl/N-ethyl adjacent to an activating group) is 1. The minimum atomic E-state index is -1.17. The van der Waals surface area contributed by atoms with E-state index >= 15 is 0 Å². The van der Waals surface area contributed by atoms with Crippen molar-refractivity contribution in [2.24, 2.45) is 0 Å². The summed E-state index contributed by atoms with van der Waals surface area (Å²) < 4.78 is 27.5. The third kappa shape index (κ3) is 3.60. The number of aromatic nitrogens is 1. The number of carbonyl (C=O) groups excluding carboxylic acids is 2. The van der Waals surface area contributed by atoms with E-state index in [0.29, 0.717) is 0 Å². The Labute approximate surface area is 155 Å². The van der Waals surface area contributed by atoms with Gasteiger partial charge in [-0.2, -0.15) is 0 Å². The lowest BCUT2D eigenvalue weighted by Crippen LogP contribution is -2.39. The lowest BCUT2D eigenvalue weighted by molar-refractivity contribution is -0.122. The minimum absolute atomic E-state index is 0.135. The Balaban J connectivity index is 1.91. The zero-order valence-corrected chi connectivity index (χ0v) is 15.2. The second kappa shape index (κ2) is 7.25. The summed E-state index contributed by atoms with van der Waals surface area (Å²) in [4.78, 5) is 27.6. The molecule has 0 saturated heterocycles. The van der Waals surface area contributed by atoms with Crippen LogP contribution in [0, 0.1) is 11.6 Å². The Hall–Kier alpha value is -2.74. The molecule has 0 saturated carbocycles. The van der Waals surface area contributed by atoms with Crippen LogP contribution in [0.25, 0.3) is 10.9 Å². The third-order valence-electron chi connectivity index (χ3n) is 3.89. The van der Waals surface area contributed by atoms with Gasteiger partial charge in [-0.1, -0.05) is 22.0 Å². The highest BCUT2D eigenvalue weighted by Gasteiger charge is 2.24. The summed E-state index contributed by atoms with van der Waals surface area (Å²) in [6, 6.07) is 9.00. The molecule has 134 valence electrons. The third-order valence-corrected chi connectivity index (χ3v) is 4.38. The van der Waals surface area contributed by atoms with Gasteiger partial charge in [-0.15, -0.1) is 0 Å². The Bertz CT molecular complexity index is 1000. The Morgan fingerprint density at radius 3 is 2.54 bits per heavy atom. The van der Waals surface area contributed by atoms with Crippen molar-refractivity contribution in [3.8, 4) is 0 Å². The van der Waals surface area contributed by atoms with Gasteiger partial charge in [0.05, 0.1) is 0 Å². The molecule has 1 aromatic heterocycles. The number of H-pyrrole nitrogens is 1. The van der Waals surface area contributed by atoms with Crippen molar-refractivity contribution >= 4 is 38.6 Å². The highest BCUT2D eigenvalue weighted by Crippen LogP contribution is 2.22. The van der Waals surface area contributed by atoms with E-state index in [-0.39, 0.29) is 11.3 Å². The molecule has 2 amide bonds. The number of rotatable bonds is 4. The number of halogens is 3. The maximum atomic E-state index is 13.5. The maximum absolute atomic E-state index is 13.5. The summed E-state index contributed by atoms with van der Waals surface area (Å²) in [5.41, 5.74) is 1.13. The molecule has 0 aliphatic heterocycles. The SMILES string of the molecule is CNC(=O)C(NC(=O)c1cc2cc(Br)ccc2[nH]1)c1ccc(F)c(F)c1. The average Bonchev–Trinajstić information content (AvgIpc) is 3.04. The van der Waals surface area contributed by atoms with Crippen LogP contribution in [-0.4, -0.2) is 23.8 Å². The molecule has 1 unspecified atom stereocenters. The van der Waals surface area contributed by atoms with Crippen molar-refractivity contribution < 1.29 is 18.4 Å². The van der Waals surface area contributed by atoms with Gasteiger partial charge in [0.25, 0.3) is 5.91 Å². The van der Waals surface area contributed by atoms with E-state index in [2.05, 4.69) is 31.5 Å². The summed E-state index contributed by atoms with van der Waals surface area (Å²) in [6.07, 6.45) is 0. The number of benzene rings is 2. The number of hydrogen-bond donors (Lipinski definition) is 3. The molecule has 0 aliphatic rings. The molecule has 5 nitrogen and oxygen atoms in total. The second-order valence-corrected chi connectivity index (χ2v) is 6.52. The van der Waals surface area contributed by atoms with Crippen LogP contribution in [0.4, 0.5) is 8.78 Å². The molecule has 1 atom stereocenters. The molecule has 26 heavy (non-hydrogen) atoms. The minimum Gasteiger partial charge on any atom is -0.357 e. The summed E-state index contributed by atoms with van der Waals surface area (Å²) >= 11 is 3.36. The second-order valence-electron chi connectivity index (χ2n) is 5.61. The van der Waals surface area contributed by atoms with E-state index in [0.717, 1.165) is 27.5 Å². The Morgan fingerprint density at radius 2 is 1.85 bits per heavy atom.